The average Bonchev–Trinajstić information content (AvgIpc) is 3.07. The van der Waals surface area contributed by atoms with E-state index in [1.165, 1.54) is 18.3 Å². The Morgan fingerprint density at radius 3 is 2.93 bits per heavy atom. The van der Waals surface area contributed by atoms with Crippen molar-refractivity contribution in [1.29, 1.82) is 0 Å². The van der Waals surface area contributed by atoms with Crippen molar-refractivity contribution in [2.45, 2.75) is 25.7 Å². The topological polar surface area (TPSA) is 76.0 Å². The molecule has 0 bridgehead atoms. The van der Waals surface area contributed by atoms with E-state index >= 15 is 0 Å². The Morgan fingerprint density at radius 2 is 2.17 bits per heavy atom. The number of hydrogen-bond acceptors (Lipinski definition) is 3. The maximum Gasteiger partial charge on any atom is 0.253 e. The first-order valence-electron chi connectivity index (χ1n) is 9.47. The van der Waals surface area contributed by atoms with Gasteiger partial charge in [-0.15, -0.1) is 0 Å². The van der Waals surface area contributed by atoms with E-state index in [4.69, 9.17) is 0 Å². The van der Waals surface area contributed by atoms with Crippen LogP contribution in [0.25, 0.3) is 10.9 Å². The molecular formula is C22H21FN4O2. The summed E-state index contributed by atoms with van der Waals surface area (Å²) in [5.74, 6) is -1.44. The third kappa shape index (κ3) is 3.63. The van der Waals surface area contributed by atoms with Crippen molar-refractivity contribution in [2.75, 3.05) is 5.32 Å². The summed E-state index contributed by atoms with van der Waals surface area (Å²) >= 11 is 0. The van der Waals surface area contributed by atoms with Crippen LogP contribution in [-0.4, -0.2) is 21.6 Å². The van der Waals surface area contributed by atoms with Crippen molar-refractivity contribution in [3.05, 3.63) is 71.3 Å². The number of fused-ring (bicyclic) bond motifs is 1. The minimum Gasteiger partial charge on any atom is -0.332 e. The van der Waals surface area contributed by atoms with Crippen molar-refractivity contribution in [1.82, 2.24) is 15.1 Å². The number of aromatic nitrogens is 2. The third-order valence-electron chi connectivity index (χ3n) is 5.27. The van der Waals surface area contributed by atoms with Gasteiger partial charge in [-0.1, -0.05) is 19.1 Å². The first-order valence-corrected chi connectivity index (χ1v) is 9.47. The number of benzene rings is 2. The summed E-state index contributed by atoms with van der Waals surface area (Å²) in [6, 6.07) is 9.93. The predicted molar refractivity (Wildman–Crippen MR) is 109 cm³/mol. The zero-order chi connectivity index (χ0) is 20.5. The van der Waals surface area contributed by atoms with Crippen molar-refractivity contribution >= 4 is 28.4 Å². The molecule has 0 saturated heterocycles. The van der Waals surface area contributed by atoms with Gasteiger partial charge in [0.15, 0.2) is 0 Å². The second-order valence-corrected chi connectivity index (χ2v) is 7.12. The Balaban J connectivity index is 1.68. The molecule has 1 aromatic heterocycles. The number of hydrogen-bond donors (Lipinski definition) is 2. The van der Waals surface area contributed by atoms with E-state index in [1.807, 2.05) is 26.1 Å². The Hall–Kier alpha value is -3.48. The molecule has 1 atom stereocenters. The molecule has 0 spiro atoms. The number of amides is 2. The van der Waals surface area contributed by atoms with Crippen LogP contribution in [0, 0.1) is 5.82 Å². The Morgan fingerprint density at radius 1 is 1.34 bits per heavy atom. The van der Waals surface area contributed by atoms with E-state index in [0.717, 1.165) is 22.9 Å². The minimum atomic E-state index is -0.509. The number of anilines is 1. The van der Waals surface area contributed by atoms with Crippen LogP contribution in [0.1, 0.15) is 30.4 Å². The van der Waals surface area contributed by atoms with Crippen LogP contribution in [0.3, 0.4) is 0 Å². The third-order valence-corrected chi connectivity index (χ3v) is 5.27. The van der Waals surface area contributed by atoms with E-state index in [9.17, 15) is 14.0 Å². The van der Waals surface area contributed by atoms with Gasteiger partial charge in [0.2, 0.25) is 5.91 Å². The molecule has 3 aromatic rings. The Kier molecular flexibility index (Phi) is 4.88. The molecule has 0 unspecified atom stereocenters. The lowest BCUT2D eigenvalue weighted by atomic mass is 9.86. The van der Waals surface area contributed by atoms with E-state index in [1.54, 1.807) is 23.0 Å². The fourth-order valence-corrected chi connectivity index (χ4v) is 3.71. The lowest BCUT2D eigenvalue weighted by Gasteiger charge is -2.24. The lowest BCUT2D eigenvalue weighted by molar-refractivity contribution is -0.121. The van der Waals surface area contributed by atoms with Gasteiger partial charge in [0.25, 0.3) is 5.91 Å². The van der Waals surface area contributed by atoms with Crippen LogP contribution in [0.5, 0.6) is 0 Å². The van der Waals surface area contributed by atoms with Crippen LogP contribution in [0.2, 0.25) is 0 Å². The predicted octanol–water partition coefficient (Wildman–Crippen LogP) is 3.40. The van der Waals surface area contributed by atoms with E-state index in [-0.39, 0.29) is 18.2 Å². The molecular weight excluding hydrogens is 371 g/mol. The van der Waals surface area contributed by atoms with Crippen molar-refractivity contribution in [3.8, 4) is 0 Å². The first kappa shape index (κ1) is 18.9. The molecule has 1 aliphatic heterocycles. The van der Waals surface area contributed by atoms with Crippen molar-refractivity contribution < 1.29 is 14.0 Å². The number of rotatable bonds is 4. The normalized spacial score (nSPS) is 16.4. The molecule has 1 aliphatic rings. The molecule has 29 heavy (non-hydrogen) atoms. The average molecular weight is 392 g/mol. The van der Waals surface area contributed by atoms with Gasteiger partial charge >= 0.3 is 0 Å². The molecule has 2 N–H and O–H groups in total. The molecule has 6 nitrogen and oxygen atoms in total. The summed E-state index contributed by atoms with van der Waals surface area (Å²) in [6.07, 6.45) is 4.04. The number of nitrogens with one attached hydrogen (secondary N) is 2. The Labute approximate surface area is 167 Å². The molecule has 0 saturated carbocycles. The fourth-order valence-electron chi connectivity index (χ4n) is 3.71. The summed E-state index contributed by atoms with van der Waals surface area (Å²) in [7, 11) is 1.85. The standard InChI is InChI=1S/C22H21FN4O2/c1-3-13-7-15-11-25-27(2)20(15)10-19(13)26-22(29)18-12-24-21(28)9-17(18)14-5-4-6-16(23)8-14/h4-8,10-12,17H,3,9H2,1-2H3,(H,24,28)(H,26,29)/t17-/m0/s1. The monoisotopic (exact) mass is 392 g/mol. The Bertz CT molecular complexity index is 1150. The van der Waals surface area contributed by atoms with Gasteiger partial charge in [0.05, 0.1) is 11.7 Å². The van der Waals surface area contributed by atoms with Crippen molar-refractivity contribution in [2.24, 2.45) is 7.05 Å². The second-order valence-electron chi connectivity index (χ2n) is 7.12. The molecule has 148 valence electrons. The SMILES string of the molecule is CCc1cc2cnn(C)c2cc1NC(=O)C1=CNC(=O)C[C@H]1c1cccc(F)c1. The molecule has 0 aliphatic carbocycles. The highest BCUT2D eigenvalue weighted by Crippen LogP contribution is 2.32. The molecule has 4 rings (SSSR count). The van der Waals surface area contributed by atoms with Crippen LogP contribution >= 0.6 is 0 Å². The summed E-state index contributed by atoms with van der Waals surface area (Å²) in [4.78, 5) is 25.0. The van der Waals surface area contributed by atoms with E-state index in [0.29, 0.717) is 16.8 Å². The fraction of sp³-hybridized carbons (Fsp3) is 0.227. The van der Waals surface area contributed by atoms with Gasteiger partial charge < -0.3 is 10.6 Å². The summed E-state index contributed by atoms with van der Waals surface area (Å²) < 4.78 is 15.5. The van der Waals surface area contributed by atoms with E-state index in [2.05, 4.69) is 15.7 Å². The lowest BCUT2D eigenvalue weighted by Crippen LogP contribution is -2.32. The molecule has 7 heteroatoms. The number of halogens is 1. The van der Waals surface area contributed by atoms with Gasteiger partial charge in [0.1, 0.15) is 5.82 Å². The van der Waals surface area contributed by atoms with Gasteiger partial charge in [-0.05, 0) is 41.8 Å². The quantitative estimate of drug-likeness (QED) is 0.715. The number of aryl methyl sites for hydroxylation is 2. The summed E-state index contributed by atoms with van der Waals surface area (Å²) in [5.41, 5.74) is 3.58. The maximum absolute atomic E-state index is 13.7. The molecule has 2 heterocycles. The zero-order valence-corrected chi connectivity index (χ0v) is 16.2. The largest absolute Gasteiger partial charge is 0.332 e. The zero-order valence-electron chi connectivity index (χ0n) is 16.2. The second kappa shape index (κ2) is 7.50. The van der Waals surface area contributed by atoms with Crippen LogP contribution in [0.15, 0.2) is 54.4 Å². The van der Waals surface area contributed by atoms with Gasteiger partial charge in [-0.2, -0.15) is 5.10 Å². The van der Waals surface area contributed by atoms with Crippen molar-refractivity contribution in [3.63, 3.8) is 0 Å². The molecule has 2 amide bonds. The molecule has 0 radical (unpaired) electrons. The minimum absolute atomic E-state index is 0.0874. The van der Waals surface area contributed by atoms with E-state index < -0.39 is 11.7 Å². The highest BCUT2D eigenvalue weighted by atomic mass is 19.1. The summed E-state index contributed by atoms with van der Waals surface area (Å²) in [5, 5.41) is 10.8. The molecule has 0 fully saturated rings. The smallest absolute Gasteiger partial charge is 0.253 e. The summed E-state index contributed by atoms with van der Waals surface area (Å²) in [6.45, 7) is 2.02. The maximum atomic E-state index is 13.7. The van der Waals surface area contributed by atoms with Gasteiger partial charge in [-0.3, -0.25) is 14.3 Å². The number of carbonyl (C=O) groups is 2. The van der Waals surface area contributed by atoms with Gasteiger partial charge in [-0.25, -0.2) is 4.39 Å². The number of carbonyl (C=O) groups excluding carboxylic acids is 2. The molecule has 2 aromatic carbocycles. The highest BCUT2D eigenvalue weighted by Gasteiger charge is 2.29. The number of nitrogens with zero attached hydrogens (tertiary/aromatic N) is 2. The van der Waals surface area contributed by atoms with Crippen LogP contribution in [0.4, 0.5) is 10.1 Å². The van der Waals surface area contributed by atoms with Gasteiger partial charge in [0, 0.05) is 42.2 Å². The highest BCUT2D eigenvalue weighted by molar-refractivity contribution is 6.07. The first-order chi connectivity index (χ1) is 14.0. The van der Waals surface area contributed by atoms with Crippen LogP contribution < -0.4 is 10.6 Å². The van der Waals surface area contributed by atoms with Crippen LogP contribution in [-0.2, 0) is 23.1 Å².